The Balaban J connectivity index is 1.71. The van der Waals surface area contributed by atoms with Crippen LogP contribution in [0.5, 0.6) is 0 Å². The molecule has 0 aliphatic carbocycles. The molecule has 1 amide bonds. The smallest absolute Gasteiger partial charge is 0.224 e. The highest BCUT2D eigenvalue weighted by Gasteiger charge is 2.15. The summed E-state index contributed by atoms with van der Waals surface area (Å²) in [7, 11) is 0. The van der Waals surface area contributed by atoms with Crippen molar-refractivity contribution >= 4 is 5.91 Å². The molecule has 3 aromatic rings. The number of halogens is 1. The Bertz CT molecular complexity index is 770. The van der Waals surface area contributed by atoms with E-state index >= 15 is 0 Å². The van der Waals surface area contributed by atoms with Gasteiger partial charge < -0.3 is 5.32 Å². The van der Waals surface area contributed by atoms with Crippen LogP contribution < -0.4 is 5.32 Å². The minimum atomic E-state index is -0.306. The molecule has 3 rings (SSSR count). The zero-order valence-corrected chi connectivity index (χ0v) is 13.1. The van der Waals surface area contributed by atoms with Gasteiger partial charge in [-0.05, 0) is 29.3 Å². The van der Waals surface area contributed by atoms with E-state index < -0.39 is 0 Å². The fraction of sp³-hybridized carbons (Fsp3) is 0.158. The molecule has 1 atom stereocenters. The molecule has 0 spiro atoms. The molecule has 1 heterocycles. The first-order valence-corrected chi connectivity index (χ1v) is 7.77. The lowest BCUT2D eigenvalue weighted by Crippen LogP contribution is -2.32. The SMILES string of the molecule is O=C(Cc1ccc(F)cc1)NC(Cn1cccn1)c1ccccc1. The quantitative estimate of drug-likeness (QED) is 0.757. The first kappa shape index (κ1) is 15.9. The van der Waals surface area contributed by atoms with Gasteiger partial charge in [0.15, 0.2) is 0 Å². The number of carbonyl (C=O) groups excluding carboxylic acids is 1. The largest absolute Gasteiger partial charge is 0.347 e. The summed E-state index contributed by atoms with van der Waals surface area (Å²) in [6.45, 7) is 0.548. The summed E-state index contributed by atoms with van der Waals surface area (Å²) < 4.78 is 14.7. The summed E-state index contributed by atoms with van der Waals surface area (Å²) in [6, 6.07) is 17.4. The highest BCUT2D eigenvalue weighted by atomic mass is 19.1. The summed E-state index contributed by atoms with van der Waals surface area (Å²) in [5.41, 5.74) is 1.79. The second-order valence-corrected chi connectivity index (χ2v) is 5.56. The zero-order valence-electron chi connectivity index (χ0n) is 13.1. The van der Waals surface area contributed by atoms with E-state index in [1.807, 2.05) is 42.6 Å². The lowest BCUT2D eigenvalue weighted by atomic mass is 10.1. The zero-order chi connectivity index (χ0) is 16.8. The number of hydrogen-bond acceptors (Lipinski definition) is 2. The van der Waals surface area contributed by atoms with E-state index in [0.29, 0.717) is 6.54 Å². The molecular formula is C19H18FN3O. The van der Waals surface area contributed by atoms with Crippen molar-refractivity contribution in [3.63, 3.8) is 0 Å². The molecule has 0 aliphatic heterocycles. The summed E-state index contributed by atoms with van der Waals surface area (Å²) in [5.74, 6) is -0.414. The van der Waals surface area contributed by atoms with Crippen molar-refractivity contribution < 1.29 is 9.18 Å². The van der Waals surface area contributed by atoms with Crippen LogP contribution in [-0.2, 0) is 17.8 Å². The monoisotopic (exact) mass is 323 g/mol. The molecule has 2 aromatic carbocycles. The van der Waals surface area contributed by atoms with Crippen LogP contribution in [0.1, 0.15) is 17.2 Å². The van der Waals surface area contributed by atoms with E-state index in [2.05, 4.69) is 10.4 Å². The van der Waals surface area contributed by atoms with Gasteiger partial charge in [0.2, 0.25) is 5.91 Å². The topological polar surface area (TPSA) is 46.9 Å². The molecule has 4 nitrogen and oxygen atoms in total. The summed E-state index contributed by atoms with van der Waals surface area (Å²) in [6.07, 6.45) is 3.78. The minimum absolute atomic E-state index is 0.109. The Morgan fingerprint density at radius 3 is 2.50 bits per heavy atom. The van der Waals surface area contributed by atoms with Crippen LogP contribution >= 0.6 is 0 Å². The molecule has 0 bridgehead atoms. The molecule has 1 aromatic heterocycles. The van der Waals surface area contributed by atoms with E-state index in [1.54, 1.807) is 23.0 Å². The van der Waals surface area contributed by atoms with Crippen LogP contribution in [0.15, 0.2) is 73.1 Å². The molecule has 5 heteroatoms. The third-order valence-corrected chi connectivity index (χ3v) is 3.74. The normalized spacial score (nSPS) is 11.9. The van der Waals surface area contributed by atoms with Gasteiger partial charge in [-0.15, -0.1) is 0 Å². The number of benzene rings is 2. The maximum absolute atomic E-state index is 13.0. The Labute approximate surface area is 139 Å². The standard InChI is InChI=1S/C19H18FN3O/c20-17-9-7-15(8-10-17)13-19(24)22-18(14-23-12-4-11-21-23)16-5-2-1-3-6-16/h1-12,18H,13-14H2,(H,22,24). The highest BCUT2D eigenvalue weighted by molar-refractivity contribution is 5.79. The van der Waals surface area contributed by atoms with E-state index in [-0.39, 0.29) is 24.2 Å². The van der Waals surface area contributed by atoms with Crippen LogP contribution in [0, 0.1) is 5.82 Å². The van der Waals surface area contributed by atoms with Gasteiger partial charge in [0.05, 0.1) is 19.0 Å². The predicted octanol–water partition coefficient (Wildman–Crippen LogP) is 3.12. The fourth-order valence-corrected chi connectivity index (χ4v) is 2.55. The number of nitrogens with one attached hydrogen (secondary N) is 1. The number of amides is 1. The lowest BCUT2D eigenvalue weighted by molar-refractivity contribution is -0.121. The number of aromatic nitrogens is 2. The summed E-state index contributed by atoms with van der Waals surface area (Å²) in [5, 5.41) is 7.25. The molecule has 0 radical (unpaired) electrons. The van der Waals surface area contributed by atoms with Crippen LogP contribution in [-0.4, -0.2) is 15.7 Å². The van der Waals surface area contributed by atoms with E-state index in [1.165, 1.54) is 12.1 Å². The Kier molecular flexibility index (Phi) is 5.01. The van der Waals surface area contributed by atoms with Gasteiger partial charge in [-0.2, -0.15) is 5.10 Å². The minimum Gasteiger partial charge on any atom is -0.347 e. The van der Waals surface area contributed by atoms with E-state index in [0.717, 1.165) is 11.1 Å². The second-order valence-electron chi connectivity index (χ2n) is 5.56. The molecule has 1 unspecified atom stereocenters. The second kappa shape index (κ2) is 7.55. The lowest BCUT2D eigenvalue weighted by Gasteiger charge is -2.19. The summed E-state index contributed by atoms with van der Waals surface area (Å²) >= 11 is 0. The first-order chi connectivity index (χ1) is 11.7. The predicted molar refractivity (Wildman–Crippen MR) is 89.7 cm³/mol. The molecule has 0 saturated heterocycles. The van der Waals surface area contributed by atoms with Gasteiger partial charge >= 0.3 is 0 Å². The Morgan fingerprint density at radius 1 is 1.08 bits per heavy atom. The molecule has 0 aliphatic rings. The van der Waals surface area contributed by atoms with Crippen LogP contribution in [0.2, 0.25) is 0 Å². The first-order valence-electron chi connectivity index (χ1n) is 7.77. The van der Waals surface area contributed by atoms with Crippen molar-refractivity contribution in [1.29, 1.82) is 0 Å². The van der Waals surface area contributed by atoms with Crippen molar-refractivity contribution in [1.82, 2.24) is 15.1 Å². The van der Waals surface area contributed by atoms with Gasteiger partial charge in [0.25, 0.3) is 0 Å². The number of rotatable bonds is 6. The Hall–Kier alpha value is -2.95. The molecule has 1 N–H and O–H groups in total. The van der Waals surface area contributed by atoms with Gasteiger partial charge in [0.1, 0.15) is 5.82 Å². The highest BCUT2D eigenvalue weighted by Crippen LogP contribution is 2.15. The summed E-state index contributed by atoms with van der Waals surface area (Å²) in [4.78, 5) is 12.4. The molecule has 122 valence electrons. The van der Waals surface area contributed by atoms with Crippen molar-refractivity contribution in [2.45, 2.75) is 19.0 Å². The van der Waals surface area contributed by atoms with E-state index in [9.17, 15) is 9.18 Å². The molecular weight excluding hydrogens is 305 g/mol. The van der Waals surface area contributed by atoms with Crippen molar-refractivity contribution in [3.05, 3.63) is 90.0 Å². The molecule has 0 saturated carbocycles. The van der Waals surface area contributed by atoms with Gasteiger partial charge in [-0.1, -0.05) is 42.5 Å². The Morgan fingerprint density at radius 2 is 1.83 bits per heavy atom. The van der Waals surface area contributed by atoms with Gasteiger partial charge in [-0.3, -0.25) is 9.48 Å². The maximum atomic E-state index is 13.0. The maximum Gasteiger partial charge on any atom is 0.224 e. The van der Waals surface area contributed by atoms with E-state index in [4.69, 9.17) is 0 Å². The van der Waals surface area contributed by atoms with Crippen molar-refractivity contribution in [2.24, 2.45) is 0 Å². The van der Waals surface area contributed by atoms with Gasteiger partial charge in [-0.25, -0.2) is 4.39 Å². The van der Waals surface area contributed by atoms with Gasteiger partial charge in [0, 0.05) is 12.4 Å². The van der Waals surface area contributed by atoms with Crippen molar-refractivity contribution in [3.8, 4) is 0 Å². The molecule has 24 heavy (non-hydrogen) atoms. The average Bonchev–Trinajstić information content (AvgIpc) is 3.10. The number of carbonyl (C=O) groups is 1. The fourth-order valence-electron chi connectivity index (χ4n) is 2.55. The number of hydrogen-bond donors (Lipinski definition) is 1. The third kappa shape index (κ3) is 4.29. The van der Waals surface area contributed by atoms with Crippen LogP contribution in [0.25, 0.3) is 0 Å². The number of nitrogens with zero attached hydrogens (tertiary/aromatic N) is 2. The van der Waals surface area contributed by atoms with Crippen LogP contribution in [0.3, 0.4) is 0 Å². The average molecular weight is 323 g/mol. The van der Waals surface area contributed by atoms with Crippen LogP contribution in [0.4, 0.5) is 4.39 Å². The van der Waals surface area contributed by atoms with Crippen molar-refractivity contribution in [2.75, 3.05) is 0 Å². The molecule has 0 fully saturated rings. The third-order valence-electron chi connectivity index (χ3n) is 3.74.